The molecule has 0 spiro atoms. The maximum absolute atomic E-state index is 6.04. The molecular weight excluding hydrogens is 366 g/mol. The summed E-state index contributed by atoms with van der Waals surface area (Å²) in [4.78, 5) is 0. The Labute approximate surface area is 178 Å². The van der Waals surface area contributed by atoms with Gasteiger partial charge in [-0.05, 0) is 68.3 Å². The first-order valence-corrected chi connectivity index (χ1v) is 10.2. The van der Waals surface area contributed by atoms with Crippen LogP contribution in [-0.2, 0) is 19.6 Å². The third-order valence-corrected chi connectivity index (χ3v) is 5.58. The van der Waals surface area contributed by atoms with Gasteiger partial charge in [0.05, 0.1) is 0 Å². The van der Waals surface area contributed by atoms with E-state index in [1.54, 1.807) is 0 Å². The summed E-state index contributed by atoms with van der Waals surface area (Å²) in [6.45, 7) is 1.48. The lowest BCUT2D eigenvalue weighted by Gasteiger charge is -2.16. The molecule has 0 fully saturated rings. The van der Waals surface area contributed by atoms with Crippen molar-refractivity contribution in [1.29, 1.82) is 0 Å². The predicted molar refractivity (Wildman–Crippen MR) is 126 cm³/mol. The van der Waals surface area contributed by atoms with Crippen molar-refractivity contribution in [3.63, 3.8) is 0 Å². The van der Waals surface area contributed by atoms with E-state index in [2.05, 4.69) is 72.8 Å². The highest BCUT2D eigenvalue weighted by Crippen LogP contribution is 2.36. The fourth-order valence-corrected chi connectivity index (χ4v) is 4.03. The Balaban J connectivity index is 2.00. The van der Waals surface area contributed by atoms with Gasteiger partial charge in [0, 0.05) is 19.6 Å². The second kappa shape index (κ2) is 9.06. The molecule has 150 valence electrons. The first kappa shape index (κ1) is 20.0. The van der Waals surface area contributed by atoms with E-state index in [-0.39, 0.29) is 0 Å². The van der Waals surface area contributed by atoms with Crippen molar-refractivity contribution in [3.05, 3.63) is 108 Å². The van der Waals surface area contributed by atoms with Crippen LogP contribution in [0.2, 0.25) is 0 Å². The van der Waals surface area contributed by atoms with Gasteiger partial charge in [-0.2, -0.15) is 0 Å². The van der Waals surface area contributed by atoms with Crippen LogP contribution in [0.4, 0.5) is 0 Å². The van der Waals surface area contributed by atoms with E-state index in [1.807, 2.05) is 18.2 Å². The van der Waals surface area contributed by atoms with Crippen LogP contribution in [0.3, 0.4) is 0 Å². The van der Waals surface area contributed by atoms with Gasteiger partial charge in [-0.25, -0.2) is 0 Å². The summed E-state index contributed by atoms with van der Waals surface area (Å²) in [5.41, 5.74) is 28.4. The second-order valence-corrected chi connectivity index (χ2v) is 7.38. The molecule has 0 amide bonds. The highest BCUT2D eigenvalue weighted by Gasteiger charge is 2.12. The average molecular weight is 394 g/mol. The van der Waals surface area contributed by atoms with Crippen LogP contribution in [0.25, 0.3) is 33.4 Å². The number of benzene rings is 4. The summed E-state index contributed by atoms with van der Waals surface area (Å²) in [7, 11) is 0. The van der Waals surface area contributed by atoms with Gasteiger partial charge in [0.2, 0.25) is 0 Å². The highest BCUT2D eigenvalue weighted by atomic mass is 14.5. The van der Waals surface area contributed by atoms with Gasteiger partial charge < -0.3 is 17.2 Å². The van der Waals surface area contributed by atoms with Crippen LogP contribution in [-0.4, -0.2) is 0 Å². The van der Waals surface area contributed by atoms with Crippen LogP contribution < -0.4 is 17.2 Å². The Morgan fingerprint density at radius 1 is 0.400 bits per heavy atom. The summed E-state index contributed by atoms with van der Waals surface area (Å²) in [5, 5.41) is 0. The van der Waals surface area contributed by atoms with Gasteiger partial charge in [-0.15, -0.1) is 0 Å². The van der Waals surface area contributed by atoms with Crippen molar-refractivity contribution >= 4 is 0 Å². The van der Waals surface area contributed by atoms with Crippen molar-refractivity contribution in [2.24, 2.45) is 17.2 Å². The lowest BCUT2D eigenvalue weighted by Crippen LogP contribution is -2.01. The molecule has 0 saturated carbocycles. The number of hydrogen-bond donors (Lipinski definition) is 3. The van der Waals surface area contributed by atoms with E-state index >= 15 is 0 Å². The molecule has 0 heterocycles. The molecule has 0 unspecified atom stereocenters. The zero-order chi connectivity index (χ0) is 20.9. The number of rotatable bonds is 6. The van der Waals surface area contributed by atoms with E-state index in [0.717, 1.165) is 50.1 Å². The fraction of sp³-hybridized carbons (Fsp3) is 0.111. The van der Waals surface area contributed by atoms with Crippen LogP contribution in [0.15, 0.2) is 91.0 Å². The molecule has 30 heavy (non-hydrogen) atoms. The van der Waals surface area contributed by atoms with E-state index < -0.39 is 0 Å². The van der Waals surface area contributed by atoms with Crippen molar-refractivity contribution < 1.29 is 0 Å². The molecule has 0 radical (unpaired) electrons. The first-order chi connectivity index (χ1) is 14.7. The van der Waals surface area contributed by atoms with E-state index in [1.165, 1.54) is 0 Å². The first-order valence-electron chi connectivity index (χ1n) is 10.2. The molecule has 0 aliphatic heterocycles. The Kier molecular flexibility index (Phi) is 6.05. The van der Waals surface area contributed by atoms with Crippen LogP contribution in [0, 0.1) is 0 Å². The Bertz CT molecular complexity index is 1010. The molecule has 4 aromatic rings. The van der Waals surface area contributed by atoms with Crippen molar-refractivity contribution in [3.8, 4) is 33.4 Å². The molecule has 0 bridgehead atoms. The lowest BCUT2D eigenvalue weighted by molar-refractivity contribution is 1.07. The van der Waals surface area contributed by atoms with Gasteiger partial charge in [-0.3, -0.25) is 0 Å². The smallest absolute Gasteiger partial charge is 0.0184 e. The molecule has 4 aromatic carbocycles. The van der Waals surface area contributed by atoms with Gasteiger partial charge in [0.25, 0.3) is 0 Å². The molecule has 3 nitrogen and oxygen atoms in total. The van der Waals surface area contributed by atoms with E-state index in [9.17, 15) is 0 Å². The fourth-order valence-electron chi connectivity index (χ4n) is 4.03. The number of nitrogens with two attached hydrogens (primary N) is 3. The molecular formula is C27H27N3. The molecule has 0 atom stereocenters. The Hall–Kier alpha value is -3.24. The maximum atomic E-state index is 6.04. The largest absolute Gasteiger partial charge is 0.326 e. The highest BCUT2D eigenvalue weighted by molar-refractivity contribution is 5.83. The van der Waals surface area contributed by atoms with Crippen LogP contribution >= 0.6 is 0 Å². The third kappa shape index (κ3) is 3.91. The molecule has 3 heteroatoms. The summed E-state index contributed by atoms with van der Waals surface area (Å²) in [5.74, 6) is 0. The van der Waals surface area contributed by atoms with Crippen molar-refractivity contribution in [1.82, 2.24) is 0 Å². The summed E-state index contributed by atoms with van der Waals surface area (Å²) >= 11 is 0. The van der Waals surface area contributed by atoms with Gasteiger partial charge >= 0.3 is 0 Å². The third-order valence-electron chi connectivity index (χ3n) is 5.58. The van der Waals surface area contributed by atoms with Gasteiger partial charge in [0.1, 0.15) is 0 Å². The monoisotopic (exact) mass is 393 g/mol. The normalized spacial score (nSPS) is 10.9. The second-order valence-electron chi connectivity index (χ2n) is 7.38. The van der Waals surface area contributed by atoms with Crippen LogP contribution in [0.1, 0.15) is 16.7 Å². The minimum absolute atomic E-state index is 0.495. The van der Waals surface area contributed by atoms with Crippen molar-refractivity contribution in [2.45, 2.75) is 19.6 Å². The zero-order valence-corrected chi connectivity index (χ0v) is 17.0. The van der Waals surface area contributed by atoms with E-state index in [4.69, 9.17) is 17.2 Å². The average Bonchev–Trinajstić information content (AvgIpc) is 2.83. The standard InChI is InChI=1S/C27H27N3/c28-16-19-7-1-4-10-25(19)22-13-23(26-11-5-2-8-20(26)17-29)15-24(14-22)27-12-6-3-9-21(27)18-30/h1-15H,16-18,28-30H2. The number of hydrogen-bond acceptors (Lipinski definition) is 3. The minimum atomic E-state index is 0.495. The van der Waals surface area contributed by atoms with Gasteiger partial charge in [0.15, 0.2) is 0 Å². The summed E-state index contributed by atoms with van der Waals surface area (Å²) in [6.07, 6.45) is 0. The zero-order valence-electron chi connectivity index (χ0n) is 17.0. The molecule has 0 aromatic heterocycles. The molecule has 0 aliphatic rings. The quantitative estimate of drug-likeness (QED) is 0.428. The molecule has 0 aliphatic carbocycles. The summed E-state index contributed by atoms with van der Waals surface area (Å²) in [6, 6.07) is 31.6. The molecule has 4 rings (SSSR count). The Morgan fingerprint density at radius 2 is 0.667 bits per heavy atom. The predicted octanol–water partition coefficient (Wildman–Crippen LogP) is 5.06. The molecule has 6 N–H and O–H groups in total. The van der Waals surface area contributed by atoms with E-state index in [0.29, 0.717) is 19.6 Å². The summed E-state index contributed by atoms with van der Waals surface area (Å²) < 4.78 is 0. The van der Waals surface area contributed by atoms with Gasteiger partial charge in [-0.1, -0.05) is 72.8 Å². The minimum Gasteiger partial charge on any atom is -0.326 e. The van der Waals surface area contributed by atoms with Crippen LogP contribution in [0.5, 0.6) is 0 Å². The Morgan fingerprint density at radius 3 is 0.933 bits per heavy atom. The van der Waals surface area contributed by atoms with Crippen molar-refractivity contribution in [2.75, 3.05) is 0 Å². The topological polar surface area (TPSA) is 78.1 Å². The lowest BCUT2D eigenvalue weighted by atomic mass is 9.89. The SMILES string of the molecule is NCc1ccccc1-c1cc(-c2ccccc2CN)cc(-c2ccccc2CN)c1. The maximum Gasteiger partial charge on any atom is 0.0184 e. The molecule has 0 saturated heterocycles.